The molecule has 1 N–H and O–H groups in total. The van der Waals surface area contributed by atoms with Crippen molar-refractivity contribution >= 4 is 38.6 Å². The Kier molecular flexibility index (Phi) is 5.21. The zero-order valence-corrected chi connectivity index (χ0v) is 14.7. The fraction of sp³-hybridized carbons (Fsp3) is 0.111. The van der Waals surface area contributed by atoms with E-state index in [1.54, 1.807) is 30.5 Å². The van der Waals surface area contributed by atoms with Crippen molar-refractivity contribution in [2.24, 2.45) is 0 Å². The van der Waals surface area contributed by atoms with E-state index < -0.39 is 5.97 Å². The largest absolute Gasteiger partial charge is 0.460 e. The van der Waals surface area contributed by atoms with Gasteiger partial charge in [-0.2, -0.15) is 5.26 Å². The SMILES string of the molecule is N#Cc1cccnc1NCCOC(=O)c1cccc2ccc(Br)nc12. The molecule has 0 fully saturated rings. The van der Waals surface area contributed by atoms with Crippen LogP contribution in [0, 0.1) is 11.3 Å². The average Bonchev–Trinajstić information content (AvgIpc) is 2.64. The lowest BCUT2D eigenvalue weighted by Crippen LogP contribution is -2.15. The van der Waals surface area contributed by atoms with E-state index in [-0.39, 0.29) is 6.61 Å². The van der Waals surface area contributed by atoms with Gasteiger partial charge in [0.2, 0.25) is 0 Å². The number of para-hydroxylation sites is 1. The number of anilines is 1. The molecule has 3 rings (SSSR count). The molecule has 0 amide bonds. The maximum absolute atomic E-state index is 12.3. The highest BCUT2D eigenvalue weighted by Gasteiger charge is 2.13. The van der Waals surface area contributed by atoms with Gasteiger partial charge >= 0.3 is 5.97 Å². The molecule has 3 aromatic rings. The van der Waals surface area contributed by atoms with Crippen molar-refractivity contribution < 1.29 is 9.53 Å². The molecular formula is C18H13BrN4O2. The summed E-state index contributed by atoms with van der Waals surface area (Å²) in [5.74, 6) is 0.0244. The van der Waals surface area contributed by atoms with Crippen LogP contribution >= 0.6 is 15.9 Å². The Balaban J connectivity index is 1.64. The average molecular weight is 397 g/mol. The first-order chi connectivity index (χ1) is 12.2. The van der Waals surface area contributed by atoms with Gasteiger partial charge in [0.1, 0.15) is 23.1 Å². The van der Waals surface area contributed by atoms with Crippen molar-refractivity contribution in [2.75, 3.05) is 18.5 Å². The van der Waals surface area contributed by atoms with Crippen LogP contribution in [0.2, 0.25) is 0 Å². The summed E-state index contributed by atoms with van der Waals surface area (Å²) in [5.41, 5.74) is 1.44. The van der Waals surface area contributed by atoms with Gasteiger partial charge in [0, 0.05) is 11.6 Å². The number of carbonyl (C=O) groups excluding carboxylic acids is 1. The zero-order chi connectivity index (χ0) is 17.6. The van der Waals surface area contributed by atoms with E-state index in [4.69, 9.17) is 10.00 Å². The van der Waals surface area contributed by atoms with Crippen LogP contribution in [0.3, 0.4) is 0 Å². The third kappa shape index (κ3) is 3.92. The number of rotatable bonds is 5. The van der Waals surface area contributed by atoms with Gasteiger partial charge in [0.25, 0.3) is 0 Å². The number of benzene rings is 1. The maximum Gasteiger partial charge on any atom is 0.340 e. The molecule has 0 spiro atoms. The lowest BCUT2D eigenvalue weighted by Gasteiger charge is -2.09. The number of ether oxygens (including phenoxy) is 1. The molecule has 0 bridgehead atoms. The first kappa shape index (κ1) is 16.9. The van der Waals surface area contributed by atoms with Crippen molar-refractivity contribution in [3.05, 3.63) is 64.4 Å². The van der Waals surface area contributed by atoms with Crippen molar-refractivity contribution in [3.8, 4) is 6.07 Å². The molecule has 0 aliphatic rings. The number of pyridine rings is 2. The predicted molar refractivity (Wildman–Crippen MR) is 97.2 cm³/mol. The number of hydrogen-bond acceptors (Lipinski definition) is 6. The first-order valence-electron chi connectivity index (χ1n) is 7.50. The number of aromatic nitrogens is 2. The number of halogens is 1. The van der Waals surface area contributed by atoms with Gasteiger partial charge < -0.3 is 10.1 Å². The third-order valence-corrected chi connectivity index (χ3v) is 3.90. The molecule has 0 unspecified atom stereocenters. The van der Waals surface area contributed by atoms with E-state index in [9.17, 15) is 4.79 Å². The van der Waals surface area contributed by atoms with Gasteiger partial charge in [-0.3, -0.25) is 0 Å². The smallest absolute Gasteiger partial charge is 0.340 e. The topological polar surface area (TPSA) is 87.9 Å². The first-order valence-corrected chi connectivity index (χ1v) is 8.30. The molecule has 6 nitrogen and oxygen atoms in total. The summed E-state index contributed by atoms with van der Waals surface area (Å²) in [6.07, 6.45) is 1.59. The molecule has 124 valence electrons. The van der Waals surface area contributed by atoms with E-state index in [0.29, 0.717) is 33.6 Å². The molecule has 0 saturated heterocycles. The lowest BCUT2D eigenvalue weighted by molar-refractivity contribution is 0.0522. The molecule has 0 atom stereocenters. The quantitative estimate of drug-likeness (QED) is 0.403. The normalized spacial score (nSPS) is 10.2. The van der Waals surface area contributed by atoms with Crippen LogP contribution in [0.25, 0.3) is 10.9 Å². The van der Waals surface area contributed by atoms with Crippen molar-refractivity contribution in [2.45, 2.75) is 0 Å². The number of fused-ring (bicyclic) bond motifs is 1. The van der Waals surface area contributed by atoms with Gasteiger partial charge in [0.15, 0.2) is 0 Å². The molecule has 2 aromatic heterocycles. The highest BCUT2D eigenvalue weighted by atomic mass is 79.9. The van der Waals surface area contributed by atoms with Crippen molar-refractivity contribution in [1.29, 1.82) is 5.26 Å². The van der Waals surface area contributed by atoms with Crippen molar-refractivity contribution in [1.82, 2.24) is 9.97 Å². The summed E-state index contributed by atoms with van der Waals surface area (Å²) in [6.45, 7) is 0.490. The van der Waals surface area contributed by atoms with E-state index in [0.717, 1.165) is 5.39 Å². The van der Waals surface area contributed by atoms with Gasteiger partial charge in [-0.15, -0.1) is 0 Å². The summed E-state index contributed by atoms with van der Waals surface area (Å²) in [5, 5.41) is 12.9. The Morgan fingerprint density at radius 1 is 1.24 bits per heavy atom. The summed E-state index contributed by atoms with van der Waals surface area (Å²) in [7, 11) is 0. The molecule has 1 aromatic carbocycles. The Labute approximate surface area is 152 Å². The highest BCUT2D eigenvalue weighted by molar-refractivity contribution is 9.10. The van der Waals surface area contributed by atoms with E-state index in [2.05, 4.69) is 37.3 Å². The van der Waals surface area contributed by atoms with Crippen LogP contribution in [-0.2, 0) is 4.74 Å². The minimum Gasteiger partial charge on any atom is -0.460 e. The molecule has 25 heavy (non-hydrogen) atoms. The third-order valence-electron chi connectivity index (χ3n) is 3.46. The monoisotopic (exact) mass is 396 g/mol. The number of esters is 1. The van der Waals surface area contributed by atoms with E-state index in [1.165, 1.54) is 0 Å². The molecule has 7 heteroatoms. The standard InChI is InChI=1S/C18H13BrN4O2/c19-15-7-6-12-3-1-5-14(16(12)23-15)18(24)25-10-9-22-17-13(11-20)4-2-8-21-17/h1-8H,9-10H2,(H,21,22). The molecule has 0 aliphatic heterocycles. The highest BCUT2D eigenvalue weighted by Crippen LogP contribution is 2.20. The zero-order valence-electron chi connectivity index (χ0n) is 13.1. The molecular weight excluding hydrogens is 384 g/mol. The number of carbonyl (C=O) groups is 1. The Hall–Kier alpha value is -2.98. The Morgan fingerprint density at radius 3 is 2.96 bits per heavy atom. The Morgan fingerprint density at radius 2 is 2.12 bits per heavy atom. The summed E-state index contributed by atoms with van der Waals surface area (Å²) >= 11 is 3.31. The van der Waals surface area contributed by atoms with E-state index >= 15 is 0 Å². The van der Waals surface area contributed by atoms with Gasteiger partial charge in [-0.05, 0) is 40.2 Å². The molecule has 0 saturated carbocycles. The van der Waals surface area contributed by atoms with Crippen LogP contribution in [0.5, 0.6) is 0 Å². The summed E-state index contributed by atoms with van der Waals surface area (Å²) in [6, 6.07) is 14.5. The minimum atomic E-state index is -0.445. The predicted octanol–water partition coefficient (Wildman–Crippen LogP) is 3.53. The molecule has 2 heterocycles. The van der Waals surface area contributed by atoms with Crippen LogP contribution < -0.4 is 5.32 Å². The fourth-order valence-corrected chi connectivity index (χ4v) is 2.62. The number of nitrogens with one attached hydrogen (secondary N) is 1. The van der Waals surface area contributed by atoms with Gasteiger partial charge in [-0.25, -0.2) is 14.8 Å². The van der Waals surface area contributed by atoms with Crippen LogP contribution in [0.4, 0.5) is 5.82 Å². The molecule has 0 radical (unpaired) electrons. The molecule has 0 aliphatic carbocycles. The lowest BCUT2D eigenvalue weighted by atomic mass is 10.1. The van der Waals surface area contributed by atoms with Crippen LogP contribution in [-0.4, -0.2) is 29.1 Å². The van der Waals surface area contributed by atoms with Gasteiger partial charge in [-0.1, -0.05) is 18.2 Å². The van der Waals surface area contributed by atoms with Crippen LogP contribution in [0.15, 0.2) is 53.3 Å². The van der Waals surface area contributed by atoms with Gasteiger partial charge in [0.05, 0.1) is 23.2 Å². The second-order valence-corrected chi connectivity index (χ2v) is 5.90. The van der Waals surface area contributed by atoms with Crippen LogP contribution in [0.1, 0.15) is 15.9 Å². The number of nitriles is 1. The van der Waals surface area contributed by atoms with E-state index in [1.807, 2.05) is 18.2 Å². The Bertz CT molecular complexity index is 969. The second-order valence-electron chi connectivity index (χ2n) is 5.09. The number of nitrogens with zero attached hydrogens (tertiary/aromatic N) is 3. The maximum atomic E-state index is 12.3. The summed E-state index contributed by atoms with van der Waals surface area (Å²) in [4.78, 5) is 20.8. The second kappa shape index (κ2) is 7.73. The number of hydrogen-bond donors (Lipinski definition) is 1. The minimum absolute atomic E-state index is 0.144. The summed E-state index contributed by atoms with van der Waals surface area (Å²) < 4.78 is 5.96. The fourth-order valence-electron chi connectivity index (χ4n) is 2.32. The van der Waals surface area contributed by atoms with Crippen molar-refractivity contribution in [3.63, 3.8) is 0 Å².